The van der Waals surface area contributed by atoms with Crippen molar-refractivity contribution < 1.29 is 18.3 Å². The molecule has 0 radical (unpaired) electrons. The van der Waals surface area contributed by atoms with Crippen molar-refractivity contribution in [1.29, 1.82) is 0 Å². The first-order valence-corrected chi connectivity index (χ1v) is 29.6. The molecular formula is C78H42B2N2O4. The fraction of sp³-hybridized carbons (Fsp3) is 0. The van der Waals surface area contributed by atoms with Crippen LogP contribution in [0.2, 0.25) is 0 Å². The molecule has 8 heteroatoms. The number of nitrogens with zero attached hydrogens (tertiary/aromatic N) is 2. The summed E-state index contributed by atoms with van der Waals surface area (Å²) in [6, 6.07) is 92.4. The van der Waals surface area contributed by atoms with E-state index in [4.69, 9.17) is 18.3 Å². The van der Waals surface area contributed by atoms with Crippen LogP contribution in [-0.4, -0.2) is 22.6 Å². The number of fused-ring (bicyclic) bond motifs is 24. The molecule has 0 fully saturated rings. The van der Waals surface area contributed by atoms with Crippen LogP contribution in [0, 0.1) is 0 Å². The molecular weight excluding hydrogens is 1050 g/mol. The molecule has 4 aliphatic rings. The van der Waals surface area contributed by atoms with E-state index in [9.17, 15) is 0 Å². The minimum absolute atomic E-state index is 0.304. The first-order chi connectivity index (χ1) is 42.7. The molecule has 0 N–H and O–H groups in total. The molecule has 0 atom stereocenters. The van der Waals surface area contributed by atoms with Gasteiger partial charge in [0.2, 0.25) is 0 Å². The second kappa shape index (κ2) is 16.3. The van der Waals surface area contributed by atoms with Crippen LogP contribution in [0.3, 0.4) is 0 Å². The second-order valence-corrected chi connectivity index (χ2v) is 23.7. The standard InChI is InChI=1S/C78H42B2N2O4/c1-5-17-43(18-6-1)47-31-35-61-55(37-47)67-71-59(41-53-51-25-13-15-27-63(51)83-75(53)67)79-57-33-29-49(45-21-9-3-10-22-45)39-65(57)86-78-69(79)73(81(61)71)77-70-74(78)82-62-36-32-48(44-19-7-2-8-20-44)38-56(62)68-72(82)60(42-54-52-26-14-16-28-64(52)84-76(54)68)80(70)58-34-30-50(40-66(58)85-77)46-23-11-4-12-24-46/h1-42H. The van der Waals surface area contributed by atoms with Crippen LogP contribution in [0.5, 0.6) is 23.0 Å². The maximum atomic E-state index is 8.00. The van der Waals surface area contributed by atoms with Crippen LogP contribution < -0.4 is 42.3 Å². The summed E-state index contributed by atoms with van der Waals surface area (Å²) in [4.78, 5) is 0. The molecule has 0 spiro atoms. The number of benzene rings is 13. The van der Waals surface area contributed by atoms with Gasteiger partial charge in [-0.15, -0.1) is 0 Å². The molecule has 21 rings (SSSR count). The molecule has 0 bridgehead atoms. The smallest absolute Gasteiger partial charge is 0.256 e. The van der Waals surface area contributed by atoms with Gasteiger partial charge in [-0.1, -0.05) is 206 Å². The highest BCUT2D eigenvalue weighted by Gasteiger charge is 2.51. The monoisotopic (exact) mass is 1090 g/mol. The van der Waals surface area contributed by atoms with Gasteiger partial charge < -0.3 is 27.4 Å². The molecule has 0 aliphatic carbocycles. The number of hydrogen-bond acceptors (Lipinski definition) is 4. The zero-order valence-corrected chi connectivity index (χ0v) is 45.9. The fourth-order valence-electron chi connectivity index (χ4n) is 15.8. The van der Waals surface area contributed by atoms with Gasteiger partial charge in [0.1, 0.15) is 45.3 Å². The largest absolute Gasteiger partial charge is 0.456 e. The molecule has 394 valence electrons. The topological polar surface area (TPSA) is 54.6 Å². The minimum atomic E-state index is -0.304. The van der Waals surface area contributed by atoms with Gasteiger partial charge in [-0.2, -0.15) is 0 Å². The summed E-state index contributed by atoms with van der Waals surface area (Å²) in [5.41, 5.74) is 25.4. The first kappa shape index (κ1) is 45.3. The van der Waals surface area contributed by atoms with Crippen LogP contribution in [0.25, 0.3) is 143 Å². The van der Waals surface area contributed by atoms with Crippen molar-refractivity contribution in [1.82, 2.24) is 9.13 Å². The predicted molar refractivity (Wildman–Crippen MR) is 354 cm³/mol. The second-order valence-electron chi connectivity index (χ2n) is 23.7. The number of hydrogen-bond donors (Lipinski definition) is 0. The van der Waals surface area contributed by atoms with Gasteiger partial charge in [-0.05, 0) is 115 Å². The molecule has 17 aromatic rings. The number of rotatable bonds is 4. The van der Waals surface area contributed by atoms with E-state index in [1.165, 1.54) is 10.9 Å². The summed E-state index contributed by atoms with van der Waals surface area (Å²) in [6.45, 7) is -0.608. The third kappa shape index (κ3) is 5.78. The van der Waals surface area contributed by atoms with Gasteiger partial charge in [0, 0.05) is 43.2 Å². The van der Waals surface area contributed by atoms with E-state index in [0.717, 1.165) is 188 Å². The average molecular weight is 1090 g/mol. The Bertz CT molecular complexity index is 5540. The molecule has 6 nitrogen and oxygen atoms in total. The Hall–Kier alpha value is -11.2. The van der Waals surface area contributed by atoms with E-state index in [2.05, 4.69) is 264 Å². The lowest BCUT2D eigenvalue weighted by atomic mass is 9.31. The molecule has 4 aromatic heterocycles. The van der Waals surface area contributed by atoms with Crippen molar-refractivity contribution in [3.8, 4) is 78.9 Å². The molecule has 0 saturated carbocycles. The summed E-state index contributed by atoms with van der Waals surface area (Å²) in [5.74, 6) is 3.29. The third-order valence-electron chi connectivity index (χ3n) is 19.4. The van der Waals surface area contributed by atoms with E-state index in [1.807, 2.05) is 0 Å². The maximum absolute atomic E-state index is 8.00. The van der Waals surface area contributed by atoms with E-state index in [-0.39, 0.29) is 13.4 Å². The van der Waals surface area contributed by atoms with Crippen molar-refractivity contribution in [3.05, 3.63) is 255 Å². The van der Waals surface area contributed by atoms with Crippen molar-refractivity contribution in [3.63, 3.8) is 0 Å². The molecule has 86 heavy (non-hydrogen) atoms. The van der Waals surface area contributed by atoms with E-state index < -0.39 is 0 Å². The first-order valence-electron chi connectivity index (χ1n) is 29.6. The summed E-state index contributed by atoms with van der Waals surface area (Å²) >= 11 is 0. The zero-order valence-electron chi connectivity index (χ0n) is 45.9. The maximum Gasteiger partial charge on any atom is 0.256 e. The SMILES string of the molecule is c1ccc(-c2ccc3c(c2)Oc2c4c(c5c6c2-n2c7ccc(-c8ccccc8)cc7c7c8oc9ccccc9c8cc(c72)B6c2ccc(-c6ccccc6)cc2O5)-n2c5ccc(-c6ccccc6)cc5c5c6oc7ccccc7c6cc(c52)B34)cc1. The summed E-state index contributed by atoms with van der Waals surface area (Å²) in [5, 5.41) is 8.71. The molecule has 4 aliphatic heterocycles. The zero-order chi connectivity index (χ0) is 55.6. The number of furan rings is 2. The Morgan fingerprint density at radius 1 is 0.279 bits per heavy atom. The Kier molecular flexibility index (Phi) is 8.60. The summed E-state index contributed by atoms with van der Waals surface area (Å²) in [7, 11) is 0. The lowest BCUT2D eigenvalue weighted by Gasteiger charge is -2.41. The van der Waals surface area contributed by atoms with Crippen molar-refractivity contribution >= 4 is 134 Å². The van der Waals surface area contributed by atoms with E-state index in [0.29, 0.717) is 0 Å². The number of aromatic nitrogens is 2. The summed E-state index contributed by atoms with van der Waals surface area (Å²) < 4.78 is 35.4. The van der Waals surface area contributed by atoms with Gasteiger partial charge in [0.15, 0.2) is 0 Å². The molecule has 13 aromatic carbocycles. The average Bonchev–Trinajstić information content (AvgIpc) is 2.77. The van der Waals surface area contributed by atoms with Crippen molar-refractivity contribution in [2.24, 2.45) is 0 Å². The van der Waals surface area contributed by atoms with Crippen LogP contribution in [0.1, 0.15) is 0 Å². The Morgan fingerprint density at radius 2 is 0.640 bits per heavy atom. The van der Waals surface area contributed by atoms with Gasteiger partial charge in [0.05, 0.1) is 44.2 Å². The van der Waals surface area contributed by atoms with E-state index >= 15 is 0 Å². The minimum Gasteiger partial charge on any atom is -0.456 e. The molecule has 8 heterocycles. The normalized spacial score (nSPS) is 13.3. The fourth-order valence-corrected chi connectivity index (χ4v) is 15.8. The lowest BCUT2D eigenvalue weighted by molar-refractivity contribution is 0.472. The molecule has 0 saturated heterocycles. The highest BCUT2D eigenvalue weighted by Crippen LogP contribution is 2.52. The Balaban J connectivity index is 0.978. The highest BCUT2D eigenvalue weighted by atomic mass is 16.5. The van der Waals surface area contributed by atoms with Crippen molar-refractivity contribution in [2.45, 2.75) is 0 Å². The molecule has 0 unspecified atom stereocenters. The van der Waals surface area contributed by atoms with Gasteiger partial charge in [0.25, 0.3) is 13.4 Å². The summed E-state index contributed by atoms with van der Waals surface area (Å²) in [6.07, 6.45) is 0. The molecule has 0 amide bonds. The Morgan fingerprint density at radius 3 is 1.05 bits per heavy atom. The predicted octanol–water partition coefficient (Wildman–Crippen LogP) is 16.2. The Labute approximate surface area is 492 Å². The third-order valence-corrected chi connectivity index (χ3v) is 19.4. The van der Waals surface area contributed by atoms with Gasteiger partial charge >= 0.3 is 0 Å². The quantitative estimate of drug-likeness (QED) is 0.165. The highest BCUT2D eigenvalue weighted by molar-refractivity contribution is 7.02. The van der Waals surface area contributed by atoms with Gasteiger partial charge in [-0.25, -0.2) is 0 Å². The van der Waals surface area contributed by atoms with Crippen LogP contribution in [-0.2, 0) is 0 Å². The van der Waals surface area contributed by atoms with E-state index in [1.54, 1.807) is 0 Å². The van der Waals surface area contributed by atoms with Crippen molar-refractivity contribution in [2.75, 3.05) is 0 Å². The van der Waals surface area contributed by atoms with Gasteiger partial charge in [-0.3, -0.25) is 0 Å². The van der Waals surface area contributed by atoms with Crippen LogP contribution in [0.4, 0.5) is 0 Å². The number of ether oxygens (including phenoxy) is 2. The van der Waals surface area contributed by atoms with Crippen LogP contribution in [0.15, 0.2) is 264 Å². The number of para-hydroxylation sites is 2. The lowest BCUT2D eigenvalue weighted by Crippen LogP contribution is -2.63. The van der Waals surface area contributed by atoms with Crippen LogP contribution >= 0.6 is 0 Å².